The lowest BCUT2D eigenvalue weighted by molar-refractivity contribution is -0.117. The summed E-state index contributed by atoms with van der Waals surface area (Å²) in [5.41, 5.74) is 2.44. The Morgan fingerprint density at radius 3 is 2.36 bits per heavy atom. The number of piperidine rings is 1. The first-order valence-electron chi connectivity index (χ1n) is 9.41. The molecule has 1 aliphatic heterocycles. The summed E-state index contributed by atoms with van der Waals surface area (Å²) in [6.07, 6.45) is 4.15. The lowest BCUT2D eigenvalue weighted by atomic mass is 9.84. The Morgan fingerprint density at radius 1 is 1.16 bits per heavy atom. The highest BCUT2D eigenvalue weighted by atomic mass is 16.2. The van der Waals surface area contributed by atoms with Gasteiger partial charge in [0.2, 0.25) is 11.8 Å². The third-order valence-electron chi connectivity index (χ3n) is 5.05. The van der Waals surface area contributed by atoms with Crippen molar-refractivity contribution in [3.8, 4) is 0 Å². The minimum atomic E-state index is 0.00797. The van der Waals surface area contributed by atoms with Gasteiger partial charge in [0.25, 0.3) is 0 Å². The maximum atomic E-state index is 12.4. The second-order valence-corrected chi connectivity index (χ2v) is 7.09. The molecule has 1 saturated heterocycles. The van der Waals surface area contributed by atoms with Crippen LogP contribution in [0.1, 0.15) is 51.5 Å². The lowest BCUT2D eigenvalue weighted by Crippen LogP contribution is -2.32. The summed E-state index contributed by atoms with van der Waals surface area (Å²) >= 11 is 0. The zero-order chi connectivity index (χ0) is 18.2. The van der Waals surface area contributed by atoms with E-state index in [4.69, 9.17) is 0 Å². The van der Waals surface area contributed by atoms with Crippen molar-refractivity contribution in [2.24, 2.45) is 11.8 Å². The normalized spacial score (nSPS) is 16.3. The third kappa shape index (κ3) is 5.85. The number of hydrogen-bond donors (Lipinski definition) is 3. The van der Waals surface area contributed by atoms with Gasteiger partial charge < -0.3 is 16.0 Å². The van der Waals surface area contributed by atoms with Crippen LogP contribution in [-0.2, 0) is 9.59 Å². The Kier molecular flexibility index (Phi) is 7.44. The molecule has 138 valence electrons. The summed E-state index contributed by atoms with van der Waals surface area (Å²) < 4.78 is 0. The standard InChI is InChI=1S/C20H31N3O2/c1-4-6-19(24)22-17-7-5-8-18(15(17)3)23-20(25)13-14(2)16-9-11-21-12-10-16/h5,7-8,14,16,21H,4,6,9-13H2,1-3H3,(H,22,24)(H,23,25). The van der Waals surface area contributed by atoms with E-state index in [2.05, 4.69) is 22.9 Å². The largest absolute Gasteiger partial charge is 0.326 e. The monoisotopic (exact) mass is 345 g/mol. The molecule has 0 bridgehead atoms. The summed E-state index contributed by atoms with van der Waals surface area (Å²) in [5.74, 6) is 1.06. The molecule has 0 radical (unpaired) electrons. The summed E-state index contributed by atoms with van der Waals surface area (Å²) in [6.45, 7) is 8.17. The van der Waals surface area contributed by atoms with E-state index in [9.17, 15) is 9.59 Å². The van der Waals surface area contributed by atoms with Crippen molar-refractivity contribution in [3.63, 3.8) is 0 Å². The Labute approximate surface area is 151 Å². The molecule has 5 nitrogen and oxygen atoms in total. The molecule has 1 aromatic carbocycles. The van der Waals surface area contributed by atoms with Crippen molar-refractivity contribution in [1.29, 1.82) is 0 Å². The Balaban J connectivity index is 1.94. The number of carbonyl (C=O) groups excluding carboxylic acids is 2. The molecule has 1 atom stereocenters. The maximum Gasteiger partial charge on any atom is 0.224 e. The van der Waals surface area contributed by atoms with Crippen LogP contribution in [0.4, 0.5) is 11.4 Å². The number of benzene rings is 1. The minimum absolute atomic E-state index is 0.00797. The fraction of sp³-hybridized carbons (Fsp3) is 0.600. The van der Waals surface area contributed by atoms with Crippen molar-refractivity contribution >= 4 is 23.2 Å². The molecular weight excluding hydrogens is 314 g/mol. The number of rotatable bonds is 7. The van der Waals surface area contributed by atoms with E-state index in [1.165, 1.54) is 0 Å². The van der Waals surface area contributed by atoms with Gasteiger partial charge in [0, 0.05) is 24.2 Å². The van der Waals surface area contributed by atoms with Crippen molar-refractivity contribution < 1.29 is 9.59 Å². The van der Waals surface area contributed by atoms with Gasteiger partial charge >= 0.3 is 0 Å². The van der Waals surface area contributed by atoms with Crippen molar-refractivity contribution in [2.75, 3.05) is 23.7 Å². The van der Waals surface area contributed by atoms with E-state index in [1.807, 2.05) is 32.0 Å². The van der Waals surface area contributed by atoms with Gasteiger partial charge in [-0.2, -0.15) is 0 Å². The van der Waals surface area contributed by atoms with Crippen LogP contribution >= 0.6 is 0 Å². The van der Waals surface area contributed by atoms with Gasteiger partial charge in [0.15, 0.2) is 0 Å². The minimum Gasteiger partial charge on any atom is -0.326 e. The van der Waals surface area contributed by atoms with E-state index < -0.39 is 0 Å². The van der Waals surface area contributed by atoms with E-state index in [0.29, 0.717) is 24.7 Å². The predicted molar refractivity (Wildman–Crippen MR) is 103 cm³/mol. The van der Waals surface area contributed by atoms with E-state index >= 15 is 0 Å². The number of amides is 2. The summed E-state index contributed by atoms with van der Waals surface area (Å²) in [7, 11) is 0. The summed E-state index contributed by atoms with van der Waals surface area (Å²) in [5, 5.41) is 9.31. The van der Waals surface area contributed by atoms with Gasteiger partial charge in [-0.25, -0.2) is 0 Å². The summed E-state index contributed by atoms with van der Waals surface area (Å²) in [4.78, 5) is 24.3. The zero-order valence-electron chi connectivity index (χ0n) is 15.7. The molecular formula is C20H31N3O2. The second-order valence-electron chi connectivity index (χ2n) is 7.09. The molecule has 0 spiro atoms. The first-order valence-corrected chi connectivity index (χ1v) is 9.41. The van der Waals surface area contributed by atoms with Crippen LogP contribution in [0.25, 0.3) is 0 Å². The number of nitrogens with one attached hydrogen (secondary N) is 3. The van der Waals surface area contributed by atoms with Gasteiger partial charge in [-0.3, -0.25) is 9.59 Å². The third-order valence-corrected chi connectivity index (χ3v) is 5.05. The molecule has 0 aromatic heterocycles. The van der Waals surface area contributed by atoms with Crippen LogP contribution in [0.15, 0.2) is 18.2 Å². The molecule has 1 aliphatic rings. The summed E-state index contributed by atoms with van der Waals surface area (Å²) in [6, 6.07) is 5.62. The van der Waals surface area contributed by atoms with Crippen LogP contribution in [-0.4, -0.2) is 24.9 Å². The molecule has 2 amide bonds. The average molecular weight is 345 g/mol. The van der Waals surface area contributed by atoms with E-state index in [0.717, 1.165) is 49.3 Å². The Hall–Kier alpha value is -1.88. The fourth-order valence-electron chi connectivity index (χ4n) is 3.42. The molecule has 3 N–H and O–H groups in total. The Bertz CT molecular complexity index is 595. The first-order chi connectivity index (χ1) is 12.0. The molecule has 0 saturated carbocycles. The predicted octanol–water partition coefficient (Wildman–Crippen LogP) is 3.70. The molecule has 1 heterocycles. The van der Waals surface area contributed by atoms with Crippen LogP contribution < -0.4 is 16.0 Å². The first kappa shape index (κ1) is 19.4. The highest BCUT2D eigenvalue weighted by Gasteiger charge is 2.22. The molecule has 25 heavy (non-hydrogen) atoms. The topological polar surface area (TPSA) is 70.2 Å². The van der Waals surface area contributed by atoms with Gasteiger partial charge in [-0.15, -0.1) is 0 Å². The highest BCUT2D eigenvalue weighted by molar-refractivity contribution is 5.95. The molecule has 0 aliphatic carbocycles. The maximum absolute atomic E-state index is 12.4. The molecule has 1 fully saturated rings. The Morgan fingerprint density at radius 2 is 1.76 bits per heavy atom. The lowest BCUT2D eigenvalue weighted by Gasteiger charge is -2.28. The van der Waals surface area contributed by atoms with E-state index in [1.54, 1.807) is 0 Å². The second kappa shape index (κ2) is 9.56. The molecule has 2 rings (SSSR count). The number of hydrogen-bond acceptors (Lipinski definition) is 3. The van der Waals surface area contributed by atoms with Crippen LogP contribution in [0.3, 0.4) is 0 Å². The van der Waals surface area contributed by atoms with Crippen LogP contribution in [0, 0.1) is 18.8 Å². The zero-order valence-corrected chi connectivity index (χ0v) is 15.7. The molecule has 5 heteroatoms. The van der Waals surface area contributed by atoms with Crippen molar-refractivity contribution in [3.05, 3.63) is 23.8 Å². The SMILES string of the molecule is CCCC(=O)Nc1cccc(NC(=O)CC(C)C2CCNCC2)c1C. The van der Waals surface area contributed by atoms with Gasteiger partial charge in [0.1, 0.15) is 0 Å². The van der Waals surface area contributed by atoms with Crippen LogP contribution in [0.5, 0.6) is 0 Å². The van der Waals surface area contributed by atoms with Crippen molar-refractivity contribution in [2.45, 2.75) is 52.9 Å². The smallest absolute Gasteiger partial charge is 0.224 e. The number of carbonyl (C=O) groups is 2. The number of anilines is 2. The average Bonchev–Trinajstić information content (AvgIpc) is 2.59. The van der Waals surface area contributed by atoms with Gasteiger partial charge in [-0.05, 0) is 68.8 Å². The van der Waals surface area contributed by atoms with Gasteiger partial charge in [-0.1, -0.05) is 19.9 Å². The van der Waals surface area contributed by atoms with Crippen molar-refractivity contribution in [1.82, 2.24) is 5.32 Å². The van der Waals surface area contributed by atoms with Gasteiger partial charge in [0.05, 0.1) is 0 Å². The fourth-order valence-corrected chi connectivity index (χ4v) is 3.42. The molecule has 1 unspecified atom stereocenters. The van der Waals surface area contributed by atoms with E-state index in [-0.39, 0.29) is 11.8 Å². The quantitative estimate of drug-likeness (QED) is 0.706. The van der Waals surface area contributed by atoms with Crippen LogP contribution in [0.2, 0.25) is 0 Å². The highest BCUT2D eigenvalue weighted by Crippen LogP contribution is 2.27. The molecule has 1 aromatic rings.